The number of hydrogen-bond donors (Lipinski definition) is 3. The number of methoxy groups -OCH3 is 1. The number of carbonyl (C=O) groups is 3. The Hall–Kier alpha value is -5.02. The summed E-state index contributed by atoms with van der Waals surface area (Å²) in [5.74, 6) is -2.85. The Kier molecular flexibility index (Phi) is 10.0. The molecule has 0 spiro atoms. The molecule has 0 radical (unpaired) electrons. The van der Waals surface area contributed by atoms with Gasteiger partial charge in [0.2, 0.25) is 5.43 Å². The average Bonchev–Trinajstić information content (AvgIpc) is 3.88. The first-order valence-electron chi connectivity index (χ1n) is 16.5. The molecule has 15 heteroatoms. The first-order valence-corrected chi connectivity index (χ1v) is 17.8. The number of fused-ring (bicyclic) bond motifs is 1. The number of hydrogen-bond acceptors (Lipinski definition) is 9. The second-order valence-corrected chi connectivity index (χ2v) is 14.0. The second-order valence-electron chi connectivity index (χ2n) is 12.6. The molecule has 1 atom stereocenters. The van der Waals surface area contributed by atoms with Crippen molar-refractivity contribution in [2.45, 2.75) is 52.6 Å². The summed E-state index contributed by atoms with van der Waals surface area (Å²) in [6, 6.07) is 8.23. The van der Waals surface area contributed by atoms with Crippen molar-refractivity contribution in [3.05, 3.63) is 79.7 Å². The number of rotatable bonds is 9. The van der Waals surface area contributed by atoms with Crippen LogP contribution in [0.25, 0.3) is 10.9 Å². The zero-order valence-corrected chi connectivity index (χ0v) is 30.4. The van der Waals surface area contributed by atoms with Crippen LogP contribution in [0.5, 0.6) is 5.75 Å². The highest BCUT2D eigenvalue weighted by Gasteiger charge is 2.35. The number of nitrogens with one attached hydrogen (secondary N) is 2. The molecular weight excluding hydrogens is 698 g/mol. The van der Waals surface area contributed by atoms with Crippen LogP contribution in [0.1, 0.15) is 74.2 Å². The third-order valence-electron chi connectivity index (χ3n) is 9.22. The minimum atomic E-state index is -1.37. The number of aromatic nitrogens is 1. The second kappa shape index (κ2) is 14.3. The van der Waals surface area contributed by atoms with Gasteiger partial charge in [0.25, 0.3) is 5.91 Å². The van der Waals surface area contributed by atoms with Gasteiger partial charge in [0.05, 0.1) is 35.1 Å². The van der Waals surface area contributed by atoms with Crippen LogP contribution < -0.4 is 25.7 Å². The van der Waals surface area contributed by atoms with E-state index in [-0.39, 0.29) is 47.0 Å². The summed E-state index contributed by atoms with van der Waals surface area (Å²) in [6.45, 7) is 8.37. The van der Waals surface area contributed by atoms with E-state index in [1.54, 1.807) is 24.5 Å². The SMILES string of the molecule is CCOC(=O)c1c(NC(=S)N2CCN(c3c(F)cc4c(=O)c(C(=O)O)cn(C5CC5)c4c3OC)C[C@H]2C)sc(C(=O)Nc2ccccc2C)c1C. The van der Waals surface area contributed by atoms with E-state index in [4.69, 9.17) is 21.7 Å². The number of benzene rings is 2. The number of aryl methyl sites for hydroxylation is 1. The number of pyridine rings is 1. The van der Waals surface area contributed by atoms with E-state index in [0.717, 1.165) is 35.8 Å². The van der Waals surface area contributed by atoms with Gasteiger partial charge in [-0.15, -0.1) is 11.3 Å². The summed E-state index contributed by atoms with van der Waals surface area (Å²) < 4.78 is 28.8. The number of para-hydroxylation sites is 1. The lowest BCUT2D eigenvalue weighted by atomic mass is 10.1. The molecule has 0 unspecified atom stereocenters. The molecule has 1 aliphatic carbocycles. The minimum Gasteiger partial charge on any atom is -0.492 e. The van der Waals surface area contributed by atoms with Crippen molar-refractivity contribution in [2.75, 3.05) is 48.9 Å². The maximum absolute atomic E-state index is 16.0. The summed E-state index contributed by atoms with van der Waals surface area (Å²) in [5.41, 5.74) is 1.59. The van der Waals surface area contributed by atoms with Crippen LogP contribution in [0, 0.1) is 19.7 Å². The maximum atomic E-state index is 16.0. The number of ether oxygens (including phenoxy) is 2. The molecule has 2 aromatic heterocycles. The third kappa shape index (κ3) is 6.75. The number of halogens is 1. The molecule has 1 saturated heterocycles. The molecule has 12 nitrogen and oxygen atoms in total. The zero-order chi connectivity index (χ0) is 36.7. The third-order valence-corrected chi connectivity index (χ3v) is 10.8. The van der Waals surface area contributed by atoms with Crippen molar-refractivity contribution in [1.82, 2.24) is 9.47 Å². The van der Waals surface area contributed by atoms with Gasteiger partial charge >= 0.3 is 11.9 Å². The van der Waals surface area contributed by atoms with E-state index >= 15 is 4.39 Å². The molecule has 2 aliphatic rings. The smallest absolute Gasteiger partial charge is 0.341 e. The Morgan fingerprint density at radius 3 is 2.49 bits per heavy atom. The predicted octanol–water partition coefficient (Wildman–Crippen LogP) is 6.20. The Morgan fingerprint density at radius 2 is 1.86 bits per heavy atom. The van der Waals surface area contributed by atoms with Crippen LogP contribution in [-0.4, -0.2) is 76.9 Å². The highest BCUT2D eigenvalue weighted by Crippen LogP contribution is 2.44. The molecule has 51 heavy (non-hydrogen) atoms. The fourth-order valence-corrected chi connectivity index (χ4v) is 8.04. The average molecular weight is 736 g/mol. The number of piperazine rings is 1. The van der Waals surface area contributed by atoms with Crippen LogP contribution in [0.3, 0.4) is 0 Å². The molecule has 268 valence electrons. The fourth-order valence-electron chi connectivity index (χ4n) is 6.51. The molecular formula is C36H38FN5O7S2. The first kappa shape index (κ1) is 35.8. The number of thiocarbonyl (C=S) groups is 1. The fraction of sp³-hybridized carbons (Fsp3) is 0.361. The van der Waals surface area contributed by atoms with E-state index < -0.39 is 28.7 Å². The zero-order valence-electron chi connectivity index (χ0n) is 28.8. The quantitative estimate of drug-likeness (QED) is 0.134. The maximum Gasteiger partial charge on any atom is 0.341 e. The molecule has 2 fully saturated rings. The van der Waals surface area contributed by atoms with Crippen LogP contribution in [0.4, 0.5) is 20.8 Å². The molecule has 3 heterocycles. The number of carboxylic acids is 1. The lowest BCUT2D eigenvalue weighted by molar-refractivity contribution is 0.0526. The Labute approximate surface area is 302 Å². The van der Waals surface area contributed by atoms with Gasteiger partial charge in [-0.05, 0) is 76.0 Å². The number of esters is 1. The van der Waals surface area contributed by atoms with Gasteiger partial charge < -0.3 is 39.6 Å². The molecule has 3 N–H and O–H groups in total. The van der Waals surface area contributed by atoms with Crippen LogP contribution >= 0.6 is 23.6 Å². The summed E-state index contributed by atoms with van der Waals surface area (Å²) >= 11 is 6.95. The summed E-state index contributed by atoms with van der Waals surface area (Å²) in [4.78, 5) is 55.6. The molecule has 1 saturated carbocycles. The van der Waals surface area contributed by atoms with Gasteiger partial charge in [-0.1, -0.05) is 18.2 Å². The van der Waals surface area contributed by atoms with Crippen molar-refractivity contribution < 1.29 is 33.4 Å². The number of aromatic carboxylic acids is 1. The Balaban J connectivity index is 1.27. The highest BCUT2D eigenvalue weighted by molar-refractivity contribution is 7.80. The van der Waals surface area contributed by atoms with Crippen molar-refractivity contribution in [3.8, 4) is 5.75 Å². The van der Waals surface area contributed by atoms with Crippen molar-refractivity contribution in [2.24, 2.45) is 0 Å². The number of anilines is 3. The van der Waals surface area contributed by atoms with Crippen molar-refractivity contribution >= 4 is 73.8 Å². The Morgan fingerprint density at radius 1 is 1.14 bits per heavy atom. The highest BCUT2D eigenvalue weighted by atomic mass is 32.1. The monoisotopic (exact) mass is 735 g/mol. The van der Waals surface area contributed by atoms with Crippen molar-refractivity contribution in [1.29, 1.82) is 0 Å². The summed E-state index contributed by atoms with van der Waals surface area (Å²) in [6.07, 6.45) is 2.93. The van der Waals surface area contributed by atoms with Gasteiger partial charge in [0.15, 0.2) is 16.7 Å². The van der Waals surface area contributed by atoms with E-state index in [1.807, 2.05) is 41.8 Å². The lowest BCUT2D eigenvalue weighted by Crippen LogP contribution is -2.55. The minimum absolute atomic E-state index is 0.0212. The van der Waals surface area contributed by atoms with Gasteiger partial charge in [-0.25, -0.2) is 14.0 Å². The predicted molar refractivity (Wildman–Crippen MR) is 199 cm³/mol. The molecule has 0 bridgehead atoms. The van der Waals surface area contributed by atoms with Gasteiger partial charge in [-0.3, -0.25) is 9.59 Å². The topological polar surface area (TPSA) is 142 Å². The molecule has 1 amide bonds. The molecule has 2 aromatic carbocycles. The standard InChI is InChI=1S/C36H38FN5O7S2/c1-6-49-35(47)26-20(4)31(32(44)38-25-10-8-7-9-18(25)2)51-33(26)39-36(50)41-14-13-40(16-19(41)3)28-24(37)15-22-27(30(28)48-5)42(21-11-12-21)17-23(29(22)43)34(45)46/h7-10,15,17,19,21H,6,11-14,16H2,1-5H3,(H,38,44)(H,39,50)(H,45,46)/t19-/m1/s1. The first-order chi connectivity index (χ1) is 24.4. The van der Waals surface area contributed by atoms with Crippen LogP contribution in [0.2, 0.25) is 0 Å². The van der Waals surface area contributed by atoms with Crippen molar-refractivity contribution in [3.63, 3.8) is 0 Å². The normalized spacial score (nSPS) is 15.8. The van der Waals surface area contributed by atoms with E-state index in [2.05, 4.69) is 10.6 Å². The number of thiophene rings is 1. The number of carbonyl (C=O) groups excluding carboxylic acids is 2. The molecule has 4 aromatic rings. The van der Waals surface area contributed by atoms with Crippen LogP contribution in [0.15, 0.2) is 41.3 Å². The molecule has 1 aliphatic heterocycles. The van der Waals surface area contributed by atoms with E-state index in [1.165, 1.54) is 13.3 Å². The van der Waals surface area contributed by atoms with Gasteiger partial charge in [-0.2, -0.15) is 0 Å². The Bertz CT molecular complexity index is 2140. The van der Waals surface area contributed by atoms with Gasteiger partial charge in [0, 0.05) is 43.6 Å². The lowest BCUT2D eigenvalue weighted by Gasteiger charge is -2.42. The van der Waals surface area contributed by atoms with E-state index in [9.17, 15) is 24.3 Å². The van der Waals surface area contributed by atoms with E-state index in [0.29, 0.717) is 51.4 Å². The number of carboxylic acid groups (broad SMARTS) is 1. The number of amides is 1. The van der Waals surface area contributed by atoms with Crippen LogP contribution in [-0.2, 0) is 4.74 Å². The summed E-state index contributed by atoms with van der Waals surface area (Å²) in [7, 11) is 1.41. The van der Waals surface area contributed by atoms with Gasteiger partial charge in [0.1, 0.15) is 16.3 Å². The largest absolute Gasteiger partial charge is 0.492 e. The number of nitrogens with zero attached hydrogens (tertiary/aromatic N) is 3. The summed E-state index contributed by atoms with van der Waals surface area (Å²) in [5, 5.41) is 16.4. The molecule has 6 rings (SSSR count).